The molecule has 0 bridgehead atoms. The van der Waals surface area contributed by atoms with Gasteiger partial charge in [-0.05, 0) is 51.9 Å². The van der Waals surface area contributed by atoms with E-state index in [-0.39, 0.29) is 10.8 Å². The lowest BCUT2D eigenvalue weighted by molar-refractivity contribution is 0.300. The van der Waals surface area contributed by atoms with Crippen LogP contribution in [0.3, 0.4) is 0 Å². The summed E-state index contributed by atoms with van der Waals surface area (Å²) < 4.78 is 2.58. The first-order valence-electron chi connectivity index (χ1n) is 14.3. The monoisotopic (exact) mass is 546 g/mol. The molecule has 0 radical (unpaired) electrons. The minimum Gasteiger partial charge on any atom is -0.244 e. The van der Waals surface area contributed by atoms with Crippen molar-refractivity contribution in [3.63, 3.8) is 0 Å². The molecule has 5 aromatic carbocycles. The highest BCUT2D eigenvalue weighted by Crippen LogP contribution is 2.56. The Hall–Kier alpha value is -4.34. The van der Waals surface area contributed by atoms with E-state index in [1.54, 1.807) is 0 Å². The SMILES string of the molecule is CC1(C)c2ccccc2-c2cccc(-c3nc4ccccc4nc3-c3ccc4c(c3)sc3ccccc34)c2C1(C)C. The van der Waals surface area contributed by atoms with Crippen molar-refractivity contribution in [1.82, 2.24) is 9.97 Å². The van der Waals surface area contributed by atoms with Crippen molar-refractivity contribution in [2.75, 3.05) is 0 Å². The van der Waals surface area contributed by atoms with E-state index in [0.717, 1.165) is 28.0 Å². The van der Waals surface area contributed by atoms with Crippen LogP contribution >= 0.6 is 11.3 Å². The summed E-state index contributed by atoms with van der Waals surface area (Å²) in [7, 11) is 0. The number of para-hydroxylation sites is 2. The quantitative estimate of drug-likeness (QED) is 0.215. The van der Waals surface area contributed by atoms with Gasteiger partial charge >= 0.3 is 0 Å². The van der Waals surface area contributed by atoms with Gasteiger partial charge < -0.3 is 0 Å². The van der Waals surface area contributed by atoms with Gasteiger partial charge in [-0.2, -0.15) is 0 Å². The number of benzene rings is 5. The molecule has 1 aliphatic carbocycles. The Labute approximate surface area is 244 Å². The van der Waals surface area contributed by atoms with Gasteiger partial charge in [-0.3, -0.25) is 0 Å². The first-order valence-corrected chi connectivity index (χ1v) is 15.1. The lowest BCUT2D eigenvalue weighted by atomic mass is 9.54. The van der Waals surface area contributed by atoms with Crippen molar-refractivity contribution in [2.45, 2.75) is 38.5 Å². The first-order chi connectivity index (χ1) is 19.8. The average Bonchev–Trinajstić information content (AvgIpc) is 3.37. The molecule has 1 aliphatic rings. The van der Waals surface area contributed by atoms with Crippen molar-refractivity contribution in [2.24, 2.45) is 0 Å². The molecule has 0 N–H and O–H groups in total. The minimum absolute atomic E-state index is 0.0763. The van der Waals surface area contributed by atoms with E-state index in [9.17, 15) is 0 Å². The predicted molar refractivity (Wildman–Crippen MR) is 175 cm³/mol. The van der Waals surface area contributed by atoms with Gasteiger partial charge in [0.05, 0.1) is 22.4 Å². The number of aromatic nitrogens is 2. The second kappa shape index (κ2) is 8.58. The van der Waals surface area contributed by atoms with Crippen LogP contribution in [0.1, 0.15) is 38.8 Å². The van der Waals surface area contributed by atoms with Crippen LogP contribution in [-0.2, 0) is 10.8 Å². The van der Waals surface area contributed by atoms with Gasteiger partial charge in [0, 0.05) is 36.7 Å². The summed E-state index contributed by atoms with van der Waals surface area (Å²) in [6.45, 7) is 9.55. The van der Waals surface area contributed by atoms with Crippen LogP contribution in [0.4, 0.5) is 0 Å². The minimum atomic E-state index is -0.146. The molecule has 3 heteroatoms. The van der Waals surface area contributed by atoms with Crippen LogP contribution < -0.4 is 0 Å². The largest absolute Gasteiger partial charge is 0.244 e. The maximum Gasteiger partial charge on any atom is 0.0976 e. The van der Waals surface area contributed by atoms with Crippen molar-refractivity contribution < 1.29 is 0 Å². The van der Waals surface area contributed by atoms with Gasteiger partial charge in [-0.25, -0.2) is 9.97 Å². The van der Waals surface area contributed by atoms with Gasteiger partial charge in [-0.15, -0.1) is 11.3 Å². The Morgan fingerprint density at radius 2 is 1.15 bits per heavy atom. The molecular formula is C38H30N2S. The fourth-order valence-corrected chi connectivity index (χ4v) is 7.97. The summed E-state index contributed by atoms with van der Waals surface area (Å²) in [4.78, 5) is 10.7. The number of hydrogen-bond acceptors (Lipinski definition) is 3. The van der Waals surface area contributed by atoms with E-state index >= 15 is 0 Å². The van der Waals surface area contributed by atoms with Crippen LogP contribution in [-0.4, -0.2) is 9.97 Å². The summed E-state index contributed by atoms with van der Waals surface area (Å²) in [6, 6.07) is 39.3. The highest BCUT2D eigenvalue weighted by molar-refractivity contribution is 7.25. The van der Waals surface area contributed by atoms with E-state index in [1.807, 2.05) is 23.5 Å². The highest BCUT2D eigenvalue weighted by atomic mass is 32.1. The number of rotatable bonds is 2. The molecule has 8 rings (SSSR count). The fraction of sp³-hybridized carbons (Fsp3) is 0.158. The number of fused-ring (bicyclic) bond motifs is 7. The van der Waals surface area contributed by atoms with E-state index in [2.05, 4.69) is 125 Å². The van der Waals surface area contributed by atoms with Crippen LogP contribution in [0, 0.1) is 0 Å². The second-order valence-electron chi connectivity index (χ2n) is 12.2. The topological polar surface area (TPSA) is 25.8 Å². The lowest BCUT2D eigenvalue weighted by Crippen LogP contribution is -2.44. The Morgan fingerprint density at radius 1 is 0.512 bits per heavy atom. The summed E-state index contributed by atoms with van der Waals surface area (Å²) >= 11 is 1.84. The third-order valence-corrected chi connectivity index (χ3v) is 10.8. The standard InChI is InChI=1S/C38H30N2S/c1-37(2)29-16-7-5-12-24(29)27-14-11-15-28(34(27)38(37,3)4)36-35(39-30-17-8-9-18-31(30)40-36)23-20-21-26-25-13-6-10-19-32(25)41-33(26)22-23/h5-22H,1-4H3. The van der Waals surface area contributed by atoms with Crippen LogP contribution in [0.2, 0.25) is 0 Å². The van der Waals surface area contributed by atoms with Crippen molar-refractivity contribution >= 4 is 42.5 Å². The molecule has 2 aromatic heterocycles. The molecule has 0 saturated carbocycles. The number of thiophene rings is 1. The van der Waals surface area contributed by atoms with Gasteiger partial charge in [-0.1, -0.05) is 113 Å². The maximum absolute atomic E-state index is 5.36. The maximum atomic E-state index is 5.36. The zero-order chi connectivity index (χ0) is 27.9. The molecule has 7 aromatic rings. The van der Waals surface area contributed by atoms with Crippen LogP contribution in [0.5, 0.6) is 0 Å². The molecule has 0 spiro atoms. The van der Waals surface area contributed by atoms with Gasteiger partial charge in [0.25, 0.3) is 0 Å². The molecule has 198 valence electrons. The Bertz CT molecular complexity index is 2170. The molecule has 0 unspecified atom stereocenters. The molecule has 41 heavy (non-hydrogen) atoms. The average molecular weight is 547 g/mol. The summed E-state index contributed by atoms with van der Waals surface area (Å²) in [5, 5.41) is 2.60. The summed E-state index contributed by atoms with van der Waals surface area (Å²) in [6.07, 6.45) is 0. The Balaban J connectivity index is 1.45. The zero-order valence-corrected chi connectivity index (χ0v) is 24.5. The van der Waals surface area contributed by atoms with Crippen molar-refractivity contribution in [3.8, 4) is 33.6 Å². The van der Waals surface area contributed by atoms with Gasteiger partial charge in [0.15, 0.2) is 0 Å². The molecule has 2 nitrogen and oxygen atoms in total. The lowest BCUT2D eigenvalue weighted by Gasteiger charge is -2.49. The van der Waals surface area contributed by atoms with Crippen molar-refractivity contribution in [1.29, 1.82) is 0 Å². The molecular weight excluding hydrogens is 516 g/mol. The van der Waals surface area contributed by atoms with Gasteiger partial charge in [0.1, 0.15) is 0 Å². The third-order valence-electron chi connectivity index (χ3n) is 9.62. The Kier molecular flexibility index (Phi) is 5.12. The normalized spacial score (nSPS) is 15.2. The summed E-state index contributed by atoms with van der Waals surface area (Å²) in [5.41, 5.74) is 11.1. The van der Waals surface area contributed by atoms with E-state index in [1.165, 1.54) is 48.0 Å². The van der Waals surface area contributed by atoms with Crippen molar-refractivity contribution in [3.05, 3.63) is 120 Å². The van der Waals surface area contributed by atoms with E-state index < -0.39 is 0 Å². The van der Waals surface area contributed by atoms with E-state index in [4.69, 9.17) is 9.97 Å². The Morgan fingerprint density at radius 3 is 1.98 bits per heavy atom. The van der Waals surface area contributed by atoms with Crippen LogP contribution in [0.15, 0.2) is 109 Å². The smallest absolute Gasteiger partial charge is 0.0976 e. The third kappa shape index (κ3) is 3.42. The highest BCUT2D eigenvalue weighted by Gasteiger charge is 2.47. The predicted octanol–water partition coefficient (Wildman–Crippen LogP) is 10.6. The van der Waals surface area contributed by atoms with E-state index in [0.29, 0.717) is 0 Å². The number of hydrogen-bond donors (Lipinski definition) is 0. The molecule has 0 saturated heterocycles. The molecule has 2 heterocycles. The summed E-state index contributed by atoms with van der Waals surface area (Å²) in [5.74, 6) is 0. The zero-order valence-electron chi connectivity index (χ0n) is 23.7. The fourth-order valence-electron chi connectivity index (χ4n) is 6.82. The molecule has 0 atom stereocenters. The van der Waals surface area contributed by atoms with Gasteiger partial charge in [0.2, 0.25) is 0 Å². The molecule has 0 fully saturated rings. The molecule has 0 aliphatic heterocycles. The number of nitrogens with zero attached hydrogens (tertiary/aromatic N) is 2. The second-order valence-corrected chi connectivity index (χ2v) is 13.3. The molecule has 0 amide bonds. The first kappa shape index (κ1) is 24.5. The van der Waals surface area contributed by atoms with Crippen LogP contribution in [0.25, 0.3) is 64.8 Å².